The molecule has 2 amide bonds. The average Bonchev–Trinajstić information content (AvgIpc) is 3.42. The topological polar surface area (TPSA) is 57.0 Å². The highest BCUT2D eigenvalue weighted by atomic mass is 16.3. The zero-order valence-electron chi connectivity index (χ0n) is 19.4. The highest BCUT2D eigenvalue weighted by Gasteiger charge is 2.24. The summed E-state index contributed by atoms with van der Waals surface area (Å²) in [6.07, 6.45) is 4.15. The number of nitrogens with zero attached hydrogens (tertiary/aromatic N) is 3. The Morgan fingerprint density at radius 1 is 0.818 bits per heavy atom. The van der Waals surface area contributed by atoms with Crippen molar-refractivity contribution < 1.29 is 14.0 Å². The molecule has 0 aliphatic carbocycles. The van der Waals surface area contributed by atoms with Crippen LogP contribution in [-0.4, -0.2) is 54.5 Å². The van der Waals surface area contributed by atoms with Gasteiger partial charge in [0.05, 0.1) is 19.2 Å². The Hall–Kier alpha value is -3.38. The summed E-state index contributed by atoms with van der Waals surface area (Å²) in [5.41, 5.74) is 5.73. The fourth-order valence-electron chi connectivity index (χ4n) is 4.22. The second kappa shape index (κ2) is 10.5. The summed E-state index contributed by atoms with van der Waals surface area (Å²) in [6.45, 7) is 7.31. The van der Waals surface area contributed by atoms with Crippen molar-refractivity contribution in [3.05, 3.63) is 67.1 Å². The largest absolute Gasteiger partial charge is 0.472 e. The van der Waals surface area contributed by atoms with E-state index in [9.17, 15) is 9.59 Å². The van der Waals surface area contributed by atoms with Crippen molar-refractivity contribution in [3.8, 4) is 22.3 Å². The van der Waals surface area contributed by atoms with Gasteiger partial charge < -0.3 is 9.32 Å². The molecule has 33 heavy (non-hydrogen) atoms. The summed E-state index contributed by atoms with van der Waals surface area (Å²) in [5, 5.41) is 0. The molecule has 0 bridgehead atoms. The molecule has 1 aliphatic heterocycles. The molecule has 6 nitrogen and oxygen atoms in total. The van der Waals surface area contributed by atoms with Crippen LogP contribution in [0.25, 0.3) is 22.3 Å². The van der Waals surface area contributed by atoms with Crippen molar-refractivity contribution in [1.82, 2.24) is 9.80 Å². The number of piperazine rings is 1. The van der Waals surface area contributed by atoms with E-state index in [0.29, 0.717) is 19.5 Å². The van der Waals surface area contributed by atoms with Crippen molar-refractivity contribution in [2.45, 2.75) is 26.7 Å². The molecular weight excluding hydrogens is 414 g/mol. The molecule has 3 aromatic rings. The molecule has 0 atom stereocenters. The fourth-order valence-corrected chi connectivity index (χ4v) is 4.22. The fraction of sp³-hybridized carbons (Fsp3) is 0.333. The van der Waals surface area contributed by atoms with Crippen molar-refractivity contribution in [2.24, 2.45) is 0 Å². The van der Waals surface area contributed by atoms with Crippen LogP contribution < -0.4 is 4.90 Å². The minimum atomic E-state index is -0.102. The summed E-state index contributed by atoms with van der Waals surface area (Å²) in [4.78, 5) is 30.4. The minimum absolute atomic E-state index is 0.102. The normalized spacial score (nSPS) is 14.3. The van der Waals surface area contributed by atoms with Gasteiger partial charge in [0, 0.05) is 50.3 Å². The highest BCUT2D eigenvalue weighted by Crippen LogP contribution is 2.29. The van der Waals surface area contributed by atoms with Gasteiger partial charge in [-0.05, 0) is 41.0 Å². The number of carbonyl (C=O) groups is 2. The van der Waals surface area contributed by atoms with Gasteiger partial charge in [-0.25, -0.2) is 0 Å². The third kappa shape index (κ3) is 5.34. The summed E-state index contributed by atoms with van der Waals surface area (Å²) >= 11 is 0. The van der Waals surface area contributed by atoms with Crippen molar-refractivity contribution in [2.75, 3.05) is 37.7 Å². The summed E-state index contributed by atoms with van der Waals surface area (Å²) in [6, 6.07) is 19.1. The van der Waals surface area contributed by atoms with Crippen molar-refractivity contribution in [3.63, 3.8) is 0 Å². The van der Waals surface area contributed by atoms with Crippen LogP contribution in [0.2, 0.25) is 0 Å². The lowest BCUT2D eigenvalue weighted by Gasteiger charge is -2.38. The first-order chi connectivity index (χ1) is 16.1. The minimum Gasteiger partial charge on any atom is -0.472 e. The number of hydrogen-bond donors (Lipinski definition) is 0. The number of carbonyl (C=O) groups excluding carboxylic acids is 2. The Labute approximate surface area is 195 Å². The van der Waals surface area contributed by atoms with Crippen LogP contribution in [0.15, 0.2) is 71.5 Å². The molecule has 1 saturated heterocycles. The first-order valence-electron chi connectivity index (χ1n) is 11.6. The lowest BCUT2D eigenvalue weighted by molar-refractivity contribution is -0.147. The molecule has 1 aromatic heterocycles. The molecule has 4 rings (SSSR count). The molecule has 0 spiro atoms. The molecule has 0 N–H and O–H groups in total. The van der Waals surface area contributed by atoms with E-state index in [0.717, 1.165) is 37.3 Å². The quantitative estimate of drug-likeness (QED) is 0.519. The predicted molar refractivity (Wildman–Crippen MR) is 131 cm³/mol. The van der Waals surface area contributed by atoms with E-state index in [1.165, 1.54) is 21.7 Å². The number of rotatable bonds is 7. The molecule has 0 radical (unpaired) electrons. The Morgan fingerprint density at radius 2 is 1.42 bits per heavy atom. The first-order valence-corrected chi connectivity index (χ1v) is 11.6. The molecule has 1 aliphatic rings. The Bertz CT molecular complexity index is 1070. The maximum absolute atomic E-state index is 12.2. The molecule has 0 unspecified atom stereocenters. The maximum atomic E-state index is 12.2. The van der Waals surface area contributed by atoms with Crippen LogP contribution in [0.5, 0.6) is 0 Å². The number of imide groups is 1. The zero-order chi connectivity index (χ0) is 23.2. The van der Waals surface area contributed by atoms with E-state index in [1.807, 2.05) is 6.07 Å². The van der Waals surface area contributed by atoms with Gasteiger partial charge in [0.2, 0.25) is 11.8 Å². The van der Waals surface area contributed by atoms with Gasteiger partial charge in [-0.1, -0.05) is 44.2 Å². The van der Waals surface area contributed by atoms with Gasteiger partial charge in [-0.3, -0.25) is 19.4 Å². The predicted octanol–water partition coefficient (Wildman–Crippen LogP) is 4.87. The van der Waals surface area contributed by atoms with Crippen LogP contribution in [0.1, 0.15) is 26.7 Å². The van der Waals surface area contributed by atoms with E-state index in [1.54, 1.807) is 26.4 Å². The van der Waals surface area contributed by atoms with Gasteiger partial charge >= 0.3 is 0 Å². The van der Waals surface area contributed by atoms with E-state index >= 15 is 0 Å². The zero-order valence-corrected chi connectivity index (χ0v) is 19.4. The third-order valence-corrected chi connectivity index (χ3v) is 6.18. The van der Waals surface area contributed by atoms with E-state index in [-0.39, 0.29) is 11.8 Å². The first kappa shape index (κ1) is 22.8. The lowest BCUT2D eigenvalue weighted by Crippen LogP contribution is -2.52. The van der Waals surface area contributed by atoms with E-state index in [4.69, 9.17) is 4.42 Å². The van der Waals surface area contributed by atoms with Crippen molar-refractivity contribution >= 4 is 17.5 Å². The van der Waals surface area contributed by atoms with Crippen LogP contribution in [-0.2, 0) is 9.59 Å². The monoisotopic (exact) mass is 445 g/mol. The Balaban J connectivity index is 1.43. The van der Waals surface area contributed by atoms with Gasteiger partial charge in [-0.15, -0.1) is 0 Å². The number of anilines is 1. The SMILES string of the molecule is CCC(=O)N(CN1CCN(c2cccc(-c3cccc(-c4ccoc4)c3)c2)CC1)C(=O)CC. The Morgan fingerprint density at radius 3 is 2.03 bits per heavy atom. The number of amides is 2. The summed E-state index contributed by atoms with van der Waals surface area (Å²) in [7, 11) is 0. The molecule has 2 aromatic carbocycles. The van der Waals surface area contributed by atoms with Crippen LogP contribution in [0.4, 0.5) is 5.69 Å². The molecule has 2 heterocycles. The highest BCUT2D eigenvalue weighted by molar-refractivity contribution is 5.95. The third-order valence-electron chi connectivity index (χ3n) is 6.18. The van der Waals surface area contributed by atoms with Gasteiger partial charge in [0.1, 0.15) is 0 Å². The molecule has 0 saturated carbocycles. The standard InChI is InChI=1S/C27H31N3O3/c1-3-26(31)30(27(32)4-2)20-28-12-14-29(15-13-28)25-10-6-9-23(18-25)21-7-5-8-22(17-21)24-11-16-33-19-24/h5-11,16-19H,3-4,12-15,20H2,1-2H3. The summed E-state index contributed by atoms with van der Waals surface area (Å²) in [5.74, 6) is -0.204. The lowest BCUT2D eigenvalue weighted by atomic mass is 10.00. The molecule has 6 heteroatoms. The molecule has 172 valence electrons. The average molecular weight is 446 g/mol. The number of benzene rings is 2. The molecular formula is C27H31N3O3. The van der Waals surface area contributed by atoms with Crippen LogP contribution in [0, 0.1) is 0 Å². The van der Waals surface area contributed by atoms with E-state index < -0.39 is 0 Å². The number of hydrogen-bond acceptors (Lipinski definition) is 5. The van der Waals surface area contributed by atoms with Gasteiger partial charge in [0.15, 0.2) is 0 Å². The van der Waals surface area contributed by atoms with Crippen LogP contribution in [0.3, 0.4) is 0 Å². The van der Waals surface area contributed by atoms with Crippen molar-refractivity contribution in [1.29, 1.82) is 0 Å². The van der Waals surface area contributed by atoms with Gasteiger partial charge in [0.25, 0.3) is 0 Å². The van der Waals surface area contributed by atoms with Gasteiger partial charge in [-0.2, -0.15) is 0 Å². The smallest absolute Gasteiger partial charge is 0.229 e. The maximum Gasteiger partial charge on any atom is 0.229 e. The van der Waals surface area contributed by atoms with Crippen LogP contribution >= 0.6 is 0 Å². The Kier molecular flexibility index (Phi) is 7.25. The summed E-state index contributed by atoms with van der Waals surface area (Å²) < 4.78 is 5.23. The second-order valence-electron chi connectivity index (χ2n) is 8.31. The second-order valence-corrected chi connectivity index (χ2v) is 8.31. The molecule has 1 fully saturated rings. The number of furan rings is 1. The van der Waals surface area contributed by atoms with E-state index in [2.05, 4.69) is 58.3 Å².